The predicted octanol–water partition coefficient (Wildman–Crippen LogP) is 0.389. The Morgan fingerprint density at radius 2 is 2.17 bits per heavy atom. The maximum atomic E-state index is 11.0. The number of hydrogen-bond donors (Lipinski definition) is 3. The minimum Gasteiger partial charge on any atom is -0.384 e. The van der Waals surface area contributed by atoms with Gasteiger partial charge < -0.3 is 10.7 Å². The summed E-state index contributed by atoms with van der Waals surface area (Å²) in [4.78, 5) is 13.5. The van der Waals surface area contributed by atoms with Crippen LogP contribution in [-0.4, -0.2) is 10.8 Å². The van der Waals surface area contributed by atoms with E-state index in [9.17, 15) is 4.79 Å². The highest BCUT2D eigenvalue weighted by Crippen LogP contribution is 1.90. The van der Waals surface area contributed by atoms with Gasteiger partial charge >= 0.3 is 0 Å². The minimum atomic E-state index is -0.308. The Hall–Kier alpha value is -1.29. The third-order valence-corrected chi connectivity index (χ3v) is 1.35. The average Bonchev–Trinajstić information content (AvgIpc) is 1.85. The maximum Gasteiger partial charge on any atom is 0.259 e. The number of nitrogens with one attached hydrogen (secondary N) is 2. The molecule has 0 radical (unpaired) electrons. The molecule has 1 aromatic rings. The standard InChI is InChI=1S/C7H9N3O.ClH/c1-4-2-3-5(6(8)9)7(11)10-4;/h2-3H,1H3,(H3,8,9)(H,10,11);1H. The number of H-pyrrole nitrogens is 1. The SMILES string of the molecule is Cc1ccc(C(=N)N)c(=O)[nH]1.Cl. The van der Waals surface area contributed by atoms with Gasteiger partial charge in [-0.25, -0.2) is 0 Å². The van der Waals surface area contributed by atoms with Gasteiger partial charge in [0.05, 0.1) is 5.56 Å². The monoisotopic (exact) mass is 187 g/mol. The van der Waals surface area contributed by atoms with E-state index in [1.54, 1.807) is 13.0 Å². The van der Waals surface area contributed by atoms with E-state index in [0.29, 0.717) is 0 Å². The topological polar surface area (TPSA) is 82.7 Å². The molecule has 0 aliphatic rings. The van der Waals surface area contributed by atoms with Crippen LogP contribution in [0.2, 0.25) is 0 Å². The summed E-state index contributed by atoms with van der Waals surface area (Å²) in [5, 5.41) is 7.00. The molecule has 0 atom stereocenters. The molecule has 0 amide bonds. The van der Waals surface area contributed by atoms with E-state index in [0.717, 1.165) is 5.69 Å². The largest absolute Gasteiger partial charge is 0.384 e. The second kappa shape index (κ2) is 3.92. The molecule has 4 nitrogen and oxygen atoms in total. The summed E-state index contributed by atoms with van der Waals surface area (Å²) < 4.78 is 0. The molecule has 0 bridgehead atoms. The van der Waals surface area contributed by atoms with Crippen molar-refractivity contribution in [3.63, 3.8) is 0 Å². The Morgan fingerprint density at radius 1 is 1.58 bits per heavy atom. The van der Waals surface area contributed by atoms with E-state index in [2.05, 4.69) is 4.98 Å². The van der Waals surface area contributed by atoms with Crippen LogP contribution in [0.3, 0.4) is 0 Å². The highest BCUT2D eigenvalue weighted by molar-refractivity contribution is 5.94. The fraction of sp³-hybridized carbons (Fsp3) is 0.143. The Balaban J connectivity index is 0.00000121. The molecule has 0 aromatic carbocycles. The van der Waals surface area contributed by atoms with Crippen molar-refractivity contribution in [1.29, 1.82) is 5.41 Å². The van der Waals surface area contributed by atoms with Gasteiger partial charge in [-0.15, -0.1) is 12.4 Å². The van der Waals surface area contributed by atoms with Crippen LogP contribution < -0.4 is 11.3 Å². The van der Waals surface area contributed by atoms with Crippen molar-refractivity contribution in [3.8, 4) is 0 Å². The molecule has 4 N–H and O–H groups in total. The quantitative estimate of drug-likeness (QED) is 0.439. The number of aromatic amines is 1. The lowest BCUT2D eigenvalue weighted by Gasteiger charge is -1.96. The van der Waals surface area contributed by atoms with Gasteiger partial charge in [0.1, 0.15) is 5.84 Å². The van der Waals surface area contributed by atoms with E-state index >= 15 is 0 Å². The number of pyridine rings is 1. The van der Waals surface area contributed by atoms with Crippen molar-refractivity contribution in [2.45, 2.75) is 6.92 Å². The third-order valence-electron chi connectivity index (χ3n) is 1.35. The van der Waals surface area contributed by atoms with Crippen LogP contribution in [0.4, 0.5) is 0 Å². The Bertz CT molecular complexity index is 345. The number of aryl methyl sites for hydroxylation is 1. The van der Waals surface area contributed by atoms with Crippen LogP contribution >= 0.6 is 12.4 Å². The molecule has 0 saturated heterocycles. The number of hydrogen-bond acceptors (Lipinski definition) is 2. The number of rotatable bonds is 1. The first-order valence-electron chi connectivity index (χ1n) is 3.15. The zero-order chi connectivity index (χ0) is 8.43. The van der Waals surface area contributed by atoms with Crippen LogP contribution in [0.1, 0.15) is 11.3 Å². The van der Waals surface area contributed by atoms with Crippen LogP contribution in [0.15, 0.2) is 16.9 Å². The molecule has 0 unspecified atom stereocenters. The van der Waals surface area contributed by atoms with Gasteiger partial charge in [-0.1, -0.05) is 0 Å². The Labute approximate surface area is 75.7 Å². The number of nitrogens with two attached hydrogens (primary N) is 1. The highest BCUT2D eigenvalue weighted by Gasteiger charge is 2.00. The summed E-state index contributed by atoms with van der Waals surface area (Å²) in [6, 6.07) is 3.24. The molecule has 12 heavy (non-hydrogen) atoms. The summed E-state index contributed by atoms with van der Waals surface area (Å²) in [5.41, 5.74) is 5.80. The van der Waals surface area contributed by atoms with Crippen LogP contribution in [0.5, 0.6) is 0 Å². The Kier molecular flexibility index (Phi) is 3.50. The second-order valence-corrected chi connectivity index (χ2v) is 2.30. The Morgan fingerprint density at radius 3 is 2.58 bits per heavy atom. The van der Waals surface area contributed by atoms with Crippen molar-refractivity contribution in [3.05, 3.63) is 33.7 Å². The maximum absolute atomic E-state index is 11.0. The van der Waals surface area contributed by atoms with Crippen LogP contribution in [0.25, 0.3) is 0 Å². The van der Waals surface area contributed by atoms with Gasteiger partial charge in [-0.3, -0.25) is 10.2 Å². The summed E-state index contributed by atoms with van der Waals surface area (Å²) in [6.45, 7) is 1.77. The number of amidine groups is 1. The molecule has 0 saturated carbocycles. The molecule has 0 aliphatic carbocycles. The lowest BCUT2D eigenvalue weighted by Crippen LogP contribution is -2.23. The molecular formula is C7H10ClN3O. The van der Waals surface area contributed by atoms with Gasteiger partial charge in [0.15, 0.2) is 0 Å². The van der Waals surface area contributed by atoms with E-state index in [1.807, 2.05) is 0 Å². The van der Waals surface area contributed by atoms with Crippen molar-refractivity contribution in [2.24, 2.45) is 5.73 Å². The minimum absolute atomic E-state index is 0. The van der Waals surface area contributed by atoms with E-state index in [-0.39, 0.29) is 29.4 Å². The van der Waals surface area contributed by atoms with Crippen LogP contribution in [-0.2, 0) is 0 Å². The van der Waals surface area contributed by atoms with E-state index < -0.39 is 0 Å². The molecule has 0 aliphatic heterocycles. The predicted molar refractivity (Wildman–Crippen MR) is 50.1 cm³/mol. The van der Waals surface area contributed by atoms with Crippen molar-refractivity contribution < 1.29 is 0 Å². The normalized spacial score (nSPS) is 8.75. The average molecular weight is 188 g/mol. The number of nitrogen functional groups attached to an aromatic ring is 1. The summed E-state index contributed by atoms with van der Waals surface area (Å²) >= 11 is 0. The van der Waals surface area contributed by atoms with Crippen molar-refractivity contribution in [1.82, 2.24) is 4.98 Å². The van der Waals surface area contributed by atoms with Gasteiger partial charge in [0, 0.05) is 5.69 Å². The number of aromatic nitrogens is 1. The molecule has 66 valence electrons. The van der Waals surface area contributed by atoms with E-state index in [1.165, 1.54) is 6.07 Å². The fourth-order valence-corrected chi connectivity index (χ4v) is 0.784. The first-order valence-corrected chi connectivity index (χ1v) is 3.15. The van der Waals surface area contributed by atoms with Gasteiger partial charge in [-0.2, -0.15) is 0 Å². The summed E-state index contributed by atoms with van der Waals surface area (Å²) in [6.07, 6.45) is 0. The molecular weight excluding hydrogens is 178 g/mol. The lowest BCUT2D eigenvalue weighted by atomic mass is 10.2. The van der Waals surface area contributed by atoms with Crippen molar-refractivity contribution in [2.75, 3.05) is 0 Å². The van der Waals surface area contributed by atoms with Gasteiger partial charge in [-0.05, 0) is 19.1 Å². The third kappa shape index (κ3) is 2.10. The number of halogens is 1. The summed E-state index contributed by atoms with van der Waals surface area (Å²) in [7, 11) is 0. The molecule has 5 heteroatoms. The first-order chi connectivity index (χ1) is 5.11. The fourth-order valence-electron chi connectivity index (χ4n) is 0.784. The highest BCUT2D eigenvalue weighted by atomic mass is 35.5. The van der Waals surface area contributed by atoms with Crippen LogP contribution in [0, 0.1) is 12.3 Å². The second-order valence-electron chi connectivity index (χ2n) is 2.30. The smallest absolute Gasteiger partial charge is 0.259 e. The molecule has 0 fully saturated rings. The molecule has 1 rings (SSSR count). The summed E-state index contributed by atoms with van der Waals surface area (Å²) in [5.74, 6) is -0.203. The van der Waals surface area contributed by atoms with Crippen molar-refractivity contribution >= 4 is 18.2 Å². The molecule has 1 heterocycles. The zero-order valence-electron chi connectivity index (χ0n) is 6.55. The van der Waals surface area contributed by atoms with Gasteiger partial charge in [0.25, 0.3) is 5.56 Å². The van der Waals surface area contributed by atoms with E-state index in [4.69, 9.17) is 11.1 Å². The molecule has 1 aromatic heterocycles. The lowest BCUT2D eigenvalue weighted by molar-refractivity contribution is 1.13. The first kappa shape index (κ1) is 10.7. The van der Waals surface area contributed by atoms with Gasteiger partial charge in [0.2, 0.25) is 0 Å². The zero-order valence-corrected chi connectivity index (χ0v) is 7.37. The molecule has 0 spiro atoms.